The summed E-state index contributed by atoms with van der Waals surface area (Å²) >= 11 is 5.97. The lowest BCUT2D eigenvalue weighted by atomic mass is 10.2. The van der Waals surface area contributed by atoms with Crippen LogP contribution in [0.1, 0.15) is 16.9 Å². The van der Waals surface area contributed by atoms with Crippen molar-refractivity contribution in [3.05, 3.63) is 53.3 Å². The monoisotopic (exact) mass is 332 g/mol. The topological polar surface area (TPSA) is 57.3 Å². The highest BCUT2D eigenvalue weighted by molar-refractivity contribution is 6.30. The predicted molar refractivity (Wildman–Crippen MR) is 94.5 cm³/mol. The van der Waals surface area contributed by atoms with Gasteiger partial charge in [0.2, 0.25) is 0 Å². The second-order valence-corrected chi connectivity index (χ2v) is 5.91. The summed E-state index contributed by atoms with van der Waals surface area (Å²) in [5.41, 5.74) is 2.05. The number of hydrogen-bond acceptors (Lipinski definition) is 4. The largest absolute Gasteiger partial charge is 0.355 e. The van der Waals surface area contributed by atoms with Gasteiger partial charge in [-0.2, -0.15) is 0 Å². The van der Waals surface area contributed by atoms with Crippen molar-refractivity contribution in [2.75, 3.05) is 32.5 Å². The van der Waals surface area contributed by atoms with Gasteiger partial charge in [-0.1, -0.05) is 17.7 Å². The Kier molecular flexibility index (Phi) is 6.38. The van der Waals surface area contributed by atoms with Crippen molar-refractivity contribution < 1.29 is 4.79 Å². The van der Waals surface area contributed by atoms with Gasteiger partial charge in [-0.25, -0.2) is 0 Å². The van der Waals surface area contributed by atoms with Crippen LogP contribution in [-0.2, 0) is 0 Å². The number of halogens is 1. The molecule has 1 aromatic carbocycles. The fourth-order valence-corrected chi connectivity index (χ4v) is 2.24. The molecule has 122 valence electrons. The molecule has 0 bridgehead atoms. The van der Waals surface area contributed by atoms with Crippen LogP contribution in [0, 0.1) is 0 Å². The fourth-order valence-electron chi connectivity index (χ4n) is 2.05. The number of amides is 1. The average Bonchev–Trinajstić information content (AvgIpc) is 2.51. The Balaban J connectivity index is 1.95. The van der Waals surface area contributed by atoms with E-state index in [1.54, 1.807) is 12.3 Å². The Bertz CT molecular complexity index is 661. The molecule has 0 aliphatic carbocycles. The Morgan fingerprint density at radius 3 is 2.74 bits per heavy atom. The van der Waals surface area contributed by atoms with Crippen molar-refractivity contribution in [2.24, 2.45) is 0 Å². The number of nitrogens with zero attached hydrogens (tertiary/aromatic N) is 2. The van der Waals surface area contributed by atoms with E-state index in [1.807, 2.05) is 44.4 Å². The maximum atomic E-state index is 12.1. The molecule has 1 amide bonds. The Labute approximate surface area is 141 Å². The van der Waals surface area contributed by atoms with Crippen LogP contribution in [0.15, 0.2) is 42.6 Å². The summed E-state index contributed by atoms with van der Waals surface area (Å²) in [6, 6.07) is 10.9. The molecular weight excluding hydrogens is 312 g/mol. The Morgan fingerprint density at radius 2 is 2.00 bits per heavy atom. The number of anilines is 2. The van der Waals surface area contributed by atoms with E-state index < -0.39 is 0 Å². The van der Waals surface area contributed by atoms with Crippen molar-refractivity contribution >= 4 is 28.9 Å². The highest BCUT2D eigenvalue weighted by atomic mass is 35.5. The van der Waals surface area contributed by atoms with E-state index in [2.05, 4.69) is 20.5 Å². The fraction of sp³-hybridized carbons (Fsp3) is 0.294. The number of hydrogen-bond donors (Lipinski definition) is 2. The lowest BCUT2D eigenvalue weighted by Crippen LogP contribution is -2.27. The van der Waals surface area contributed by atoms with E-state index in [0.717, 1.165) is 24.3 Å². The molecule has 0 saturated heterocycles. The van der Waals surface area contributed by atoms with E-state index in [1.165, 1.54) is 0 Å². The molecule has 2 rings (SSSR count). The van der Waals surface area contributed by atoms with Gasteiger partial charge in [0.1, 0.15) is 5.69 Å². The van der Waals surface area contributed by atoms with Gasteiger partial charge in [-0.05, 0) is 57.4 Å². The molecule has 2 N–H and O–H groups in total. The summed E-state index contributed by atoms with van der Waals surface area (Å²) in [6.07, 6.45) is 2.51. The molecule has 0 saturated carbocycles. The van der Waals surface area contributed by atoms with Crippen LogP contribution in [0.2, 0.25) is 5.02 Å². The molecule has 5 nitrogen and oxygen atoms in total. The minimum atomic E-state index is -0.168. The summed E-state index contributed by atoms with van der Waals surface area (Å²) in [6.45, 7) is 1.56. The maximum absolute atomic E-state index is 12.1. The first-order valence-corrected chi connectivity index (χ1v) is 7.84. The van der Waals surface area contributed by atoms with E-state index >= 15 is 0 Å². The van der Waals surface area contributed by atoms with Gasteiger partial charge in [-0.15, -0.1) is 0 Å². The molecule has 23 heavy (non-hydrogen) atoms. The molecule has 0 radical (unpaired) electrons. The van der Waals surface area contributed by atoms with Crippen molar-refractivity contribution in [3.63, 3.8) is 0 Å². The van der Waals surface area contributed by atoms with Crippen LogP contribution in [0.3, 0.4) is 0 Å². The van der Waals surface area contributed by atoms with Crippen molar-refractivity contribution in [2.45, 2.75) is 6.42 Å². The molecule has 6 heteroatoms. The number of carbonyl (C=O) groups is 1. The number of rotatable bonds is 7. The minimum absolute atomic E-state index is 0.168. The first-order valence-electron chi connectivity index (χ1n) is 7.46. The lowest BCUT2D eigenvalue weighted by molar-refractivity contribution is 0.0947. The van der Waals surface area contributed by atoms with Gasteiger partial charge in [0.25, 0.3) is 5.91 Å². The molecule has 1 aromatic heterocycles. The molecule has 0 unspecified atom stereocenters. The summed E-state index contributed by atoms with van der Waals surface area (Å²) < 4.78 is 0. The summed E-state index contributed by atoms with van der Waals surface area (Å²) in [7, 11) is 4.02. The van der Waals surface area contributed by atoms with Crippen molar-refractivity contribution in [1.29, 1.82) is 0 Å². The number of aromatic nitrogens is 1. The first kappa shape index (κ1) is 17.2. The number of pyridine rings is 1. The SMILES string of the molecule is CN(C)CCCNC(=O)c1cc(Nc2cccc(Cl)c2)ccn1. The average molecular weight is 333 g/mol. The van der Waals surface area contributed by atoms with Crippen LogP contribution < -0.4 is 10.6 Å². The third kappa shape index (κ3) is 5.88. The van der Waals surface area contributed by atoms with Gasteiger partial charge in [0.15, 0.2) is 0 Å². The van der Waals surface area contributed by atoms with Gasteiger partial charge >= 0.3 is 0 Å². The summed E-state index contributed by atoms with van der Waals surface area (Å²) in [5.74, 6) is -0.168. The Hall–Kier alpha value is -2.11. The number of benzene rings is 1. The smallest absolute Gasteiger partial charge is 0.269 e. The minimum Gasteiger partial charge on any atom is -0.355 e. The molecule has 1 heterocycles. The quantitative estimate of drug-likeness (QED) is 0.765. The normalized spacial score (nSPS) is 10.6. The Morgan fingerprint density at radius 1 is 1.22 bits per heavy atom. The van der Waals surface area contributed by atoms with E-state index in [9.17, 15) is 4.79 Å². The maximum Gasteiger partial charge on any atom is 0.269 e. The van der Waals surface area contributed by atoms with E-state index in [4.69, 9.17) is 11.6 Å². The summed E-state index contributed by atoms with van der Waals surface area (Å²) in [5, 5.41) is 6.74. The zero-order valence-electron chi connectivity index (χ0n) is 13.3. The van der Waals surface area contributed by atoms with Crippen LogP contribution in [0.4, 0.5) is 11.4 Å². The zero-order valence-corrected chi connectivity index (χ0v) is 14.1. The molecule has 2 aromatic rings. The molecule has 0 spiro atoms. The third-order valence-corrected chi connectivity index (χ3v) is 3.41. The molecule has 0 aliphatic rings. The highest BCUT2D eigenvalue weighted by Crippen LogP contribution is 2.20. The van der Waals surface area contributed by atoms with Gasteiger partial charge in [-0.3, -0.25) is 9.78 Å². The van der Waals surface area contributed by atoms with Gasteiger partial charge in [0.05, 0.1) is 0 Å². The molecule has 0 atom stereocenters. The second-order valence-electron chi connectivity index (χ2n) is 5.48. The van der Waals surface area contributed by atoms with Gasteiger partial charge < -0.3 is 15.5 Å². The molecule has 0 aliphatic heterocycles. The van der Waals surface area contributed by atoms with E-state index in [0.29, 0.717) is 17.3 Å². The summed E-state index contributed by atoms with van der Waals surface area (Å²) in [4.78, 5) is 18.3. The van der Waals surface area contributed by atoms with E-state index in [-0.39, 0.29) is 5.91 Å². The third-order valence-electron chi connectivity index (χ3n) is 3.17. The molecule has 0 fully saturated rings. The standard InChI is InChI=1S/C17H21ClN4O/c1-22(2)10-4-8-20-17(23)16-12-15(7-9-19-16)21-14-6-3-5-13(18)11-14/h3,5-7,9,11-12H,4,8,10H2,1-2H3,(H,19,21)(H,20,23). The second kappa shape index (κ2) is 8.50. The molecular formula is C17H21ClN4O. The van der Waals surface area contributed by atoms with Crippen molar-refractivity contribution in [1.82, 2.24) is 15.2 Å². The number of carbonyl (C=O) groups excluding carboxylic acids is 1. The van der Waals surface area contributed by atoms with Crippen LogP contribution in [0.25, 0.3) is 0 Å². The van der Waals surface area contributed by atoms with Gasteiger partial charge in [0, 0.05) is 29.1 Å². The van der Waals surface area contributed by atoms with Crippen molar-refractivity contribution in [3.8, 4) is 0 Å². The highest BCUT2D eigenvalue weighted by Gasteiger charge is 2.07. The number of nitrogens with one attached hydrogen (secondary N) is 2. The predicted octanol–water partition coefficient (Wildman–Crippen LogP) is 3.16. The van der Waals surface area contributed by atoms with Crippen LogP contribution in [-0.4, -0.2) is 43.0 Å². The zero-order chi connectivity index (χ0) is 16.7. The van der Waals surface area contributed by atoms with Crippen LogP contribution in [0.5, 0.6) is 0 Å². The lowest BCUT2D eigenvalue weighted by Gasteiger charge is -2.10. The first-order chi connectivity index (χ1) is 11.0. The van der Waals surface area contributed by atoms with Crippen LogP contribution >= 0.6 is 11.6 Å².